The Morgan fingerprint density at radius 1 is 1.16 bits per heavy atom. The van der Waals surface area contributed by atoms with E-state index >= 15 is 0 Å². The van der Waals surface area contributed by atoms with E-state index in [2.05, 4.69) is 21.2 Å². The van der Waals surface area contributed by atoms with Crippen LogP contribution in [0.3, 0.4) is 0 Å². The largest absolute Gasteiger partial charge is 0.494 e. The molecule has 0 radical (unpaired) electrons. The van der Waals surface area contributed by atoms with E-state index in [4.69, 9.17) is 4.74 Å². The molecule has 31 heavy (non-hydrogen) atoms. The Hall–Kier alpha value is -2.97. The quantitative estimate of drug-likeness (QED) is 0.660. The summed E-state index contributed by atoms with van der Waals surface area (Å²) >= 11 is 0. The van der Waals surface area contributed by atoms with Crippen molar-refractivity contribution in [1.29, 1.82) is 0 Å². The van der Waals surface area contributed by atoms with Crippen molar-refractivity contribution in [2.45, 2.75) is 38.3 Å². The van der Waals surface area contributed by atoms with Gasteiger partial charge in [0.15, 0.2) is 0 Å². The molecule has 2 unspecified atom stereocenters. The summed E-state index contributed by atoms with van der Waals surface area (Å²) < 4.78 is 5.43. The third-order valence-electron chi connectivity index (χ3n) is 5.90. The highest BCUT2D eigenvalue weighted by Gasteiger charge is 2.35. The molecule has 3 N–H and O–H groups in total. The van der Waals surface area contributed by atoms with Crippen LogP contribution >= 0.6 is 0 Å². The maximum Gasteiger partial charge on any atom is 0.241 e. The highest BCUT2D eigenvalue weighted by atomic mass is 16.5. The molecule has 2 atom stereocenters. The number of hydrazine groups is 1. The van der Waals surface area contributed by atoms with Gasteiger partial charge < -0.3 is 15.0 Å². The second-order valence-electron chi connectivity index (χ2n) is 7.96. The lowest BCUT2D eigenvalue weighted by atomic mass is 9.94. The molecule has 8 nitrogen and oxygen atoms in total. The van der Waals surface area contributed by atoms with E-state index in [1.54, 1.807) is 6.20 Å². The van der Waals surface area contributed by atoms with E-state index in [0.717, 1.165) is 17.0 Å². The fourth-order valence-electron chi connectivity index (χ4n) is 4.15. The minimum atomic E-state index is -0.264. The van der Waals surface area contributed by atoms with Gasteiger partial charge in [-0.3, -0.25) is 14.6 Å². The van der Waals surface area contributed by atoms with Crippen LogP contribution in [0.1, 0.15) is 37.8 Å². The van der Waals surface area contributed by atoms with E-state index in [0.29, 0.717) is 39.0 Å². The first-order valence-corrected chi connectivity index (χ1v) is 10.9. The number of amides is 2. The number of carbonyl (C=O) groups excluding carboxylic acids is 2. The van der Waals surface area contributed by atoms with Crippen LogP contribution in [-0.4, -0.2) is 47.4 Å². The number of ether oxygens (including phenoxy) is 1. The van der Waals surface area contributed by atoms with Crippen molar-refractivity contribution in [2.75, 3.05) is 25.0 Å². The van der Waals surface area contributed by atoms with Gasteiger partial charge in [0.2, 0.25) is 11.8 Å². The second kappa shape index (κ2) is 9.89. The third-order valence-corrected chi connectivity index (χ3v) is 5.90. The Morgan fingerprint density at radius 3 is 2.61 bits per heavy atom. The molecule has 2 saturated heterocycles. The summed E-state index contributed by atoms with van der Waals surface area (Å²) in [5, 5.41) is 2.98. The molecule has 2 fully saturated rings. The molecule has 0 aliphatic carbocycles. The Kier molecular flexibility index (Phi) is 6.79. The first kappa shape index (κ1) is 21.3. The van der Waals surface area contributed by atoms with E-state index in [1.165, 1.54) is 0 Å². The van der Waals surface area contributed by atoms with Gasteiger partial charge in [-0.25, -0.2) is 10.9 Å². The first-order chi connectivity index (χ1) is 15.1. The van der Waals surface area contributed by atoms with Crippen molar-refractivity contribution in [2.24, 2.45) is 5.92 Å². The number of aromatic nitrogens is 1. The fourth-order valence-corrected chi connectivity index (χ4v) is 4.15. The van der Waals surface area contributed by atoms with E-state index in [9.17, 15) is 9.59 Å². The average Bonchev–Trinajstić information content (AvgIpc) is 3.31. The normalized spacial score (nSPS) is 21.6. The van der Waals surface area contributed by atoms with Crippen molar-refractivity contribution in [1.82, 2.24) is 20.7 Å². The molecule has 1 aromatic carbocycles. The van der Waals surface area contributed by atoms with Crippen molar-refractivity contribution < 1.29 is 14.3 Å². The van der Waals surface area contributed by atoms with Gasteiger partial charge in [0.25, 0.3) is 0 Å². The molecule has 2 aromatic rings. The average molecular weight is 424 g/mol. The molecule has 0 spiro atoms. The fraction of sp³-hybridized carbons (Fsp3) is 0.435. The molecule has 0 bridgehead atoms. The number of likely N-dealkylation sites (tertiary alicyclic amines) is 1. The second-order valence-corrected chi connectivity index (χ2v) is 7.96. The number of piperidine rings is 1. The molecule has 164 valence electrons. The maximum absolute atomic E-state index is 12.9. The summed E-state index contributed by atoms with van der Waals surface area (Å²) in [5.41, 5.74) is 8.15. The van der Waals surface area contributed by atoms with Crippen LogP contribution in [-0.2, 0) is 9.59 Å². The zero-order valence-corrected chi connectivity index (χ0v) is 17.7. The number of rotatable bonds is 6. The summed E-state index contributed by atoms with van der Waals surface area (Å²) in [7, 11) is 0. The van der Waals surface area contributed by atoms with Crippen molar-refractivity contribution in [3.05, 3.63) is 54.4 Å². The topological polar surface area (TPSA) is 95.6 Å². The van der Waals surface area contributed by atoms with Crippen molar-refractivity contribution in [3.8, 4) is 5.75 Å². The highest BCUT2D eigenvalue weighted by Crippen LogP contribution is 2.25. The number of hydrogen-bond donors (Lipinski definition) is 3. The molecule has 4 rings (SSSR count). The minimum absolute atomic E-state index is 0.00792. The molecular weight excluding hydrogens is 394 g/mol. The van der Waals surface area contributed by atoms with Crippen LogP contribution in [0.4, 0.5) is 5.69 Å². The predicted molar refractivity (Wildman–Crippen MR) is 117 cm³/mol. The lowest BCUT2D eigenvalue weighted by Gasteiger charge is -2.32. The smallest absolute Gasteiger partial charge is 0.241 e. The van der Waals surface area contributed by atoms with Crippen LogP contribution in [0.25, 0.3) is 0 Å². The Balaban J connectivity index is 1.24. The number of nitrogens with one attached hydrogen (secondary N) is 3. The van der Waals surface area contributed by atoms with Gasteiger partial charge in [0.05, 0.1) is 6.61 Å². The van der Waals surface area contributed by atoms with Gasteiger partial charge in [-0.2, -0.15) is 0 Å². The monoisotopic (exact) mass is 423 g/mol. The van der Waals surface area contributed by atoms with Crippen LogP contribution in [0.2, 0.25) is 0 Å². The molecule has 8 heteroatoms. The molecule has 2 aliphatic rings. The summed E-state index contributed by atoms with van der Waals surface area (Å²) in [4.78, 5) is 31.6. The Bertz CT molecular complexity index is 882. The number of benzene rings is 1. The molecule has 2 aliphatic heterocycles. The summed E-state index contributed by atoms with van der Waals surface area (Å²) in [6, 6.07) is 11.1. The summed E-state index contributed by atoms with van der Waals surface area (Å²) in [6.07, 6.45) is 5.58. The molecule has 1 aromatic heterocycles. The molecule has 3 heterocycles. The zero-order valence-electron chi connectivity index (χ0n) is 17.7. The Labute approximate surface area is 182 Å². The predicted octanol–water partition coefficient (Wildman–Crippen LogP) is 2.27. The standard InChI is InChI=1S/C23H29N5O3/c1-2-31-19-7-5-18(6-8-19)25-22(29)16-9-12-28(13-10-16)23(30)21-14-20(26-27-21)17-4-3-11-24-15-17/h3-8,11,15-16,20-21,26-27H,2,9-10,12-14H2,1H3,(H,25,29). The molecule has 0 saturated carbocycles. The van der Waals surface area contributed by atoms with Gasteiger partial charge >= 0.3 is 0 Å². The van der Waals surface area contributed by atoms with Gasteiger partial charge in [0.1, 0.15) is 11.8 Å². The SMILES string of the molecule is CCOc1ccc(NC(=O)C2CCN(C(=O)C3CC(c4cccnc4)NN3)CC2)cc1. The number of hydrogen-bond acceptors (Lipinski definition) is 6. The van der Waals surface area contributed by atoms with Crippen molar-refractivity contribution in [3.63, 3.8) is 0 Å². The summed E-state index contributed by atoms with van der Waals surface area (Å²) in [5.74, 6) is 0.791. The van der Waals surface area contributed by atoms with Crippen LogP contribution in [0.15, 0.2) is 48.8 Å². The maximum atomic E-state index is 12.9. The molecular formula is C23H29N5O3. The van der Waals surface area contributed by atoms with Crippen LogP contribution in [0.5, 0.6) is 5.75 Å². The molecule has 2 amide bonds. The lowest BCUT2D eigenvalue weighted by Crippen LogP contribution is -2.49. The first-order valence-electron chi connectivity index (χ1n) is 10.9. The van der Waals surface area contributed by atoms with Crippen LogP contribution in [0, 0.1) is 5.92 Å². The highest BCUT2D eigenvalue weighted by molar-refractivity contribution is 5.93. The zero-order chi connectivity index (χ0) is 21.6. The minimum Gasteiger partial charge on any atom is -0.494 e. The number of carbonyl (C=O) groups is 2. The van der Waals surface area contributed by atoms with Gasteiger partial charge in [-0.15, -0.1) is 0 Å². The number of nitrogens with zero attached hydrogens (tertiary/aromatic N) is 2. The van der Waals surface area contributed by atoms with E-state index in [-0.39, 0.29) is 29.8 Å². The third kappa shape index (κ3) is 5.21. The van der Waals surface area contributed by atoms with E-state index < -0.39 is 0 Å². The number of anilines is 1. The lowest BCUT2D eigenvalue weighted by molar-refractivity contribution is -0.136. The van der Waals surface area contributed by atoms with E-state index in [1.807, 2.05) is 54.4 Å². The summed E-state index contributed by atoms with van der Waals surface area (Å²) in [6.45, 7) is 3.73. The van der Waals surface area contributed by atoms with Gasteiger partial charge in [-0.05, 0) is 62.1 Å². The number of pyridine rings is 1. The van der Waals surface area contributed by atoms with Crippen molar-refractivity contribution >= 4 is 17.5 Å². The van der Waals surface area contributed by atoms with Gasteiger partial charge in [0, 0.05) is 43.1 Å². The Morgan fingerprint density at radius 2 is 1.94 bits per heavy atom. The van der Waals surface area contributed by atoms with Gasteiger partial charge in [-0.1, -0.05) is 6.07 Å². The van der Waals surface area contributed by atoms with Crippen LogP contribution < -0.4 is 20.9 Å².